The van der Waals surface area contributed by atoms with Crippen LogP contribution in [0.3, 0.4) is 0 Å². The van der Waals surface area contributed by atoms with Crippen LogP contribution in [0.5, 0.6) is 0 Å². The van der Waals surface area contributed by atoms with Crippen molar-refractivity contribution in [1.82, 2.24) is 0 Å². The second kappa shape index (κ2) is 4.19. The van der Waals surface area contributed by atoms with Crippen molar-refractivity contribution in [2.45, 2.75) is 11.7 Å². The summed E-state index contributed by atoms with van der Waals surface area (Å²) in [4.78, 5) is 0. The van der Waals surface area contributed by atoms with Crippen molar-refractivity contribution in [3.05, 3.63) is 42.5 Å². The van der Waals surface area contributed by atoms with Crippen molar-refractivity contribution in [3.8, 4) is 0 Å². The average molecular weight is 288 g/mol. The van der Waals surface area contributed by atoms with Crippen LogP contribution in [0.2, 0.25) is 0 Å². The van der Waals surface area contributed by atoms with Gasteiger partial charge in [0.25, 0.3) is 0 Å². The molecule has 1 saturated heterocycles. The minimum absolute atomic E-state index is 0.0891. The predicted octanol–water partition coefficient (Wildman–Crippen LogP) is 2.07. The van der Waals surface area contributed by atoms with Gasteiger partial charge in [-0.15, -0.1) is 0 Å². The van der Waals surface area contributed by atoms with Crippen molar-refractivity contribution in [1.29, 1.82) is 0 Å². The van der Waals surface area contributed by atoms with Gasteiger partial charge in [-0.1, -0.05) is 30.4 Å². The standard InChI is InChI=1S/C15H16N2O2S/c18-20(19)9-13(17-16-12-4-2-1-3-5-12)14-10-6-7-11(8-10)15(14)20/h1-7,10-11,14-16H,8-9H2/b17-13-/t10-,11-,14+,15-/m1/s1. The molecule has 20 heavy (non-hydrogen) atoms. The zero-order valence-corrected chi connectivity index (χ0v) is 11.8. The third-order valence-corrected chi connectivity index (χ3v) is 6.81. The number of hydrogen-bond acceptors (Lipinski definition) is 4. The Hall–Kier alpha value is -1.62. The fourth-order valence-electron chi connectivity index (χ4n) is 3.86. The summed E-state index contributed by atoms with van der Waals surface area (Å²) < 4.78 is 24.6. The maximum Gasteiger partial charge on any atom is 0.159 e. The molecule has 0 radical (unpaired) electrons. The van der Waals surface area contributed by atoms with Crippen molar-refractivity contribution >= 4 is 21.2 Å². The SMILES string of the molecule is O=S1(=O)C/C(=N/Nc2ccccc2)[C@H]2[C@H]1[C@@H]1C=C[C@@H]2C1. The molecule has 0 unspecified atom stereocenters. The molecule has 104 valence electrons. The zero-order chi connectivity index (χ0) is 13.7. The molecule has 0 amide bonds. The Morgan fingerprint density at radius 3 is 2.65 bits per heavy atom. The maximum absolute atomic E-state index is 12.3. The van der Waals surface area contributed by atoms with E-state index < -0.39 is 9.84 Å². The highest BCUT2D eigenvalue weighted by Gasteiger charge is 2.57. The van der Waals surface area contributed by atoms with Crippen LogP contribution >= 0.6 is 0 Å². The second-order valence-electron chi connectivity index (χ2n) is 5.83. The summed E-state index contributed by atoms with van der Waals surface area (Å²) in [5, 5.41) is 4.18. The van der Waals surface area contributed by atoms with Crippen molar-refractivity contribution < 1.29 is 8.42 Å². The summed E-state index contributed by atoms with van der Waals surface area (Å²) in [6, 6.07) is 9.64. The summed E-state index contributed by atoms with van der Waals surface area (Å²) in [6.07, 6.45) is 5.22. The molecule has 2 fully saturated rings. The molecule has 2 aliphatic carbocycles. The first-order valence-electron chi connectivity index (χ1n) is 6.92. The number of nitrogens with zero attached hydrogens (tertiary/aromatic N) is 1. The predicted molar refractivity (Wildman–Crippen MR) is 79.3 cm³/mol. The van der Waals surface area contributed by atoms with E-state index in [0.717, 1.165) is 17.8 Å². The lowest BCUT2D eigenvalue weighted by Gasteiger charge is -2.18. The molecule has 0 aromatic heterocycles. The van der Waals surface area contributed by atoms with Gasteiger partial charge in [0.1, 0.15) is 0 Å². The van der Waals surface area contributed by atoms with Crippen molar-refractivity contribution in [2.75, 3.05) is 11.2 Å². The van der Waals surface area contributed by atoms with Gasteiger partial charge in [0.15, 0.2) is 9.84 Å². The van der Waals surface area contributed by atoms with E-state index in [9.17, 15) is 8.42 Å². The minimum atomic E-state index is -3.03. The molecule has 3 aliphatic rings. The molecule has 4 atom stereocenters. The van der Waals surface area contributed by atoms with E-state index in [1.165, 1.54) is 0 Å². The van der Waals surface area contributed by atoms with Crippen LogP contribution in [-0.2, 0) is 9.84 Å². The fourth-order valence-corrected chi connectivity index (χ4v) is 6.26. The maximum atomic E-state index is 12.3. The molecule has 0 spiro atoms. The number of fused-ring (bicyclic) bond motifs is 5. The number of para-hydroxylation sites is 1. The van der Waals surface area contributed by atoms with Gasteiger partial charge in [-0.2, -0.15) is 5.10 Å². The quantitative estimate of drug-likeness (QED) is 0.669. The largest absolute Gasteiger partial charge is 0.279 e. The average Bonchev–Trinajstić information content (AvgIpc) is 3.10. The fraction of sp³-hybridized carbons (Fsp3) is 0.400. The molecule has 1 aliphatic heterocycles. The summed E-state index contributed by atoms with van der Waals surface area (Å²) >= 11 is 0. The van der Waals surface area contributed by atoms with Crippen molar-refractivity contribution in [3.63, 3.8) is 0 Å². The number of rotatable bonds is 2. The first-order valence-corrected chi connectivity index (χ1v) is 8.64. The summed E-state index contributed by atoms with van der Waals surface area (Å²) in [6.45, 7) is 0. The Morgan fingerprint density at radius 1 is 1.10 bits per heavy atom. The van der Waals surface area contributed by atoms with Crippen LogP contribution in [0.4, 0.5) is 5.69 Å². The lowest BCUT2D eigenvalue weighted by molar-refractivity contribution is 0.551. The summed E-state index contributed by atoms with van der Waals surface area (Å²) in [5.74, 6) is 0.765. The number of hydrazone groups is 1. The van der Waals surface area contributed by atoms with E-state index in [4.69, 9.17) is 0 Å². The molecule has 4 rings (SSSR count). The lowest BCUT2D eigenvalue weighted by Crippen LogP contribution is -2.28. The molecule has 1 saturated carbocycles. The van der Waals surface area contributed by atoms with E-state index in [1.807, 2.05) is 30.3 Å². The van der Waals surface area contributed by atoms with E-state index in [-0.39, 0.29) is 22.8 Å². The highest BCUT2D eigenvalue weighted by atomic mass is 32.2. The Labute approximate surface area is 118 Å². The van der Waals surface area contributed by atoms with E-state index >= 15 is 0 Å². The summed E-state index contributed by atoms with van der Waals surface area (Å²) in [7, 11) is -3.03. The lowest BCUT2D eigenvalue weighted by atomic mass is 9.90. The van der Waals surface area contributed by atoms with E-state index in [0.29, 0.717) is 5.92 Å². The third-order valence-electron chi connectivity index (χ3n) is 4.64. The molecule has 1 aromatic carbocycles. The van der Waals surface area contributed by atoms with Gasteiger partial charge in [0.2, 0.25) is 0 Å². The van der Waals surface area contributed by atoms with Crippen LogP contribution in [0.15, 0.2) is 47.6 Å². The number of nitrogens with one attached hydrogen (secondary N) is 1. The molecule has 1 heterocycles. The molecule has 1 aromatic rings. The number of hydrogen-bond donors (Lipinski definition) is 1. The monoisotopic (exact) mass is 288 g/mol. The molecule has 5 heteroatoms. The Balaban J connectivity index is 1.65. The molecule has 2 bridgehead atoms. The molecule has 1 N–H and O–H groups in total. The van der Waals surface area contributed by atoms with Crippen LogP contribution < -0.4 is 5.43 Å². The molecular formula is C15H16N2O2S. The van der Waals surface area contributed by atoms with Gasteiger partial charge in [0.05, 0.1) is 22.4 Å². The first-order chi connectivity index (χ1) is 9.65. The van der Waals surface area contributed by atoms with Gasteiger partial charge in [-0.05, 0) is 30.4 Å². The Bertz CT molecular complexity index is 694. The number of allylic oxidation sites excluding steroid dienone is 2. The topological polar surface area (TPSA) is 58.5 Å². The molecular weight excluding hydrogens is 272 g/mol. The van der Waals surface area contributed by atoms with Gasteiger partial charge >= 0.3 is 0 Å². The van der Waals surface area contributed by atoms with Crippen LogP contribution in [-0.4, -0.2) is 25.1 Å². The smallest absolute Gasteiger partial charge is 0.159 e. The molecule has 4 nitrogen and oxygen atoms in total. The van der Waals surface area contributed by atoms with Gasteiger partial charge in [-0.25, -0.2) is 8.42 Å². The van der Waals surface area contributed by atoms with Crippen molar-refractivity contribution in [2.24, 2.45) is 22.9 Å². The minimum Gasteiger partial charge on any atom is -0.279 e. The third kappa shape index (κ3) is 1.73. The number of anilines is 1. The second-order valence-corrected chi connectivity index (χ2v) is 7.99. The Morgan fingerprint density at radius 2 is 1.85 bits per heavy atom. The van der Waals surface area contributed by atoms with Gasteiger partial charge in [0, 0.05) is 5.92 Å². The van der Waals surface area contributed by atoms with E-state index in [2.05, 4.69) is 22.7 Å². The van der Waals surface area contributed by atoms with Crippen LogP contribution in [0, 0.1) is 17.8 Å². The normalized spacial score (nSPS) is 38.3. The highest BCUT2D eigenvalue weighted by molar-refractivity contribution is 7.93. The van der Waals surface area contributed by atoms with Crippen LogP contribution in [0.25, 0.3) is 0 Å². The Kier molecular flexibility index (Phi) is 2.54. The van der Waals surface area contributed by atoms with Gasteiger partial charge in [-0.3, -0.25) is 5.43 Å². The number of benzene rings is 1. The zero-order valence-electron chi connectivity index (χ0n) is 10.9. The van der Waals surface area contributed by atoms with Gasteiger partial charge < -0.3 is 0 Å². The van der Waals surface area contributed by atoms with E-state index in [1.54, 1.807) is 0 Å². The first kappa shape index (κ1) is 12.1. The summed E-state index contributed by atoms with van der Waals surface area (Å²) in [5.41, 5.74) is 4.69. The highest BCUT2D eigenvalue weighted by Crippen LogP contribution is 2.51. The van der Waals surface area contributed by atoms with Crippen LogP contribution in [0.1, 0.15) is 6.42 Å². The number of sulfone groups is 1.